The van der Waals surface area contributed by atoms with Crippen LogP contribution in [0.15, 0.2) is 24.3 Å². The van der Waals surface area contributed by atoms with Gasteiger partial charge in [-0.3, -0.25) is 4.79 Å². The molecular formula is C19H26N2O2. The van der Waals surface area contributed by atoms with Crippen molar-refractivity contribution in [3.8, 4) is 0 Å². The van der Waals surface area contributed by atoms with Crippen LogP contribution in [0.25, 0.3) is 0 Å². The Kier molecular flexibility index (Phi) is 3.92. The SMILES string of the molecule is O=C(O)C1CCC(Nc2ccccc2N2CC3CCC2C3)CC1. The van der Waals surface area contributed by atoms with Crippen molar-refractivity contribution >= 4 is 17.3 Å². The van der Waals surface area contributed by atoms with Crippen LogP contribution in [-0.4, -0.2) is 29.7 Å². The normalized spacial score (nSPS) is 33.0. The molecule has 2 bridgehead atoms. The van der Waals surface area contributed by atoms with Gasteiger partial charge in [0.2, 0.25) is 0 Å². The lowest BCUT2D eigenvalue weighted by Gasteiger charge is -2.33. The maximum absolute atomic E-state index is 11.1. The highest BCUT2D eigenvalue weighted by atomic mass is 16.4. The van der Waals surface area contributed by atoms with Gasteiger partial charge < -0.3 is 15.3 Å². The fourth-order valence-electron chi connectivity index (χ4n) is 4.77. The monoisotopic (exact) mass is 314 g/mol. The van der Waals surface area contributed by atoms with Gasteiger partial charge in [0.1, 0.15) is 0 Å². The molecule has 1 aliphatic heterocycles. The van der Waals surface area contributed by atoms with Crippen molar-refractivity contribution in [2.75, 3.05) is 16.8 Å². The van der Waals surface area contributed by atoms with Gasteiger partial charge in [-0.15, -0.1) is 0 Å². The van der Waals surface area contributed by atoms with Gasteiger partial charge in [-0.05, 0) is 63.0 Å². The lowest BCUT2D eigenvalue weighted by Crippen LogP contribution is -2.34. The molecule has 3 fully saturated rings. The number of para-hydroxylation sites is 2. The molecule has 4 rings (SSSR count). The highest BCUT2D eigenvalue weighted by Crippen LogP contribution is 2.42. The molecule has 124 valence electrons. The van der Waals surface area contributed by atoms with Crippen molar-refractivity contribution in [3.63, 3.8) is 0 Å². The van der Waals surface area contributed by atoms with E-state index < -0.39 is 5.97 Å². The van der Waals surface area contributed by atoms with Crippen molar-refractivity contribution in [1.82, 2.24) is 0 Å². The number of rotatable bonds is 4. The minimum Gasteiger partial charge on any atom is -0.481 e. The first kappa shape index (κ1) is 14.9. The maximum Gasteiger partial charge on any atom is 0.306 e. The standard InChI is InChI=1S/C19H26N2O2/c22-19(23)14-6-8-15(9-7-14)20-17-3-1-2-4-18(17)21-12-13-5-10-16(21)11-13/h1-4,13-16,20H,5-12H2,(H,22,23). The number of carbonyl (C=O) groups is 1. The minimum atomic E-state index is -0.628. The quantitative estimate of drug-likeness (QED) is 0.889. The average molecular weight is 314 g/mol. The molecule has 2 aliphatic carbocycles. The molecule has 0 aromatic heterocycles. The number of carboxylic acid groups (broad SMARTS) is 1. The van der Waals surface area contributed by atoms with Crippen molar-refractivity contribution in [1.29, 1.82) is 0 Å². The number of carboxylic acids is 1. The molecule has 2 unspecified atom stereocenters. The Morgan fingerprint density at radius 1 is 1.09 bits per heavy atom. The van der Waals surface area contributed by atoms with Crippen LogP contribution in [0.1, 0.15) is 44.9 Å². The molecule has 23 heavy (non-hydrogen) atoms. The largest absolute Gasteiger partial charge is 0.481 e. The number of piperidine rings is 1. The second kappa shape index (κ2) is 6.06. The van der Waals surface area contributed by atoms with E-state index in [4.69, 9.17) is 5.11 Å². The summed E-state index contributed by atoms with van der Waals surface area (Å²) in [4.78, 5) is 13.7. The van der Waals surface area contributed by atoms with Gasteiger partial charge in [0.05, 0.1) is 17.3 Å². The van der Waals surface area contributed by atoms with Gasteiger partial charge in [0.15, 0.2) is 0 Å². The van der Waals surface area contributed by atoms with Crippen molar-refractivity contribution in [2.45, 2.75) is 57.0 Å². The molecule has 1 aromatic rings. The van der Waals surface area contributed by atoms with Crippen LogP contribution >= 0.6 is 0 Å². The molecule has 2 atom stereocenters. The van der Waals surface area contributed by atoms with E-state index in [0.717, 1.165) is 37.6 Å². The number of aliphatic carboxylic acids is 1. The molecule has 1 heterocycles. The Morgan fingerprint density at radius 3 is 2.52 bits per heavy atom. The summed E-state index contributed by atoms with van der Waals surface area (Å²) in [7, 11) is 0. The first-order valence-electron chi connectivity index (χ1n) is 9.05. The van der Waals surface area contributed by atoms with Gasteiger partial charge in [0.25, 0.3) is 0 Å². The number of hydrogen-bond donors (Lipinski definition) is 2. The predicted octanol–water partition coefficient (Wildman–Crippen LogP) is 3.73. The van der Waals surface area contributed by atoms with E-state index in [0.29, 0.717) is 6.04 Å². The second-order valence-corrected chi connectivity index (χ2v) is 7.53. The van der Waals surface area contributed by atoms with Crippen LogP contribution in [0, 0.1) is 11.8 Å². The summed E-state index contributed by atoms with van der Waals surface area (Å²) in [5.41, 5.74) is 2.58. The number of fused-ring (bicyclic) bond motifs is 2. The topological polar surface area (TPSA) is 52.6 Å². The van der Waals surface area contributed by atoms with Crippen LogP contribution in [0.4, 0.5) is 11.4 Å². The summed E-state index contributed by atoms with van der Waals surface area (Å²) in [6, 6.07) is 9.80. The Bertz CT molecular complexity index is 580. The summed E-state index contributed by atoms with van der Waals surface area (Å²) in [5.74, 6) is 0.119. The molecule has 0 amide bonds. The highest BCUT2D eigenvalue weighted by Gasteiger charge is 2.38. The predicted molar refractivity (Wildman–Crippen MR) is 91.9 cm³/mol. The van der Waals surface area contributed by atoms with E-state index in [1.165, 1.54) is 37.2 Å². The molecule has 0 radical (unpaired) electrons. The zero-order valence-corrected chi connectivity index (χ0v) is 13.6. The Labute approximate surface area is 137 Å². The molecule has 3 aliphatic rings. The van der Waals surface area contributed by atoms with Gasteiger partial charge in [-0.25, -0.2) is 0 Å². The summed E-state index contributed by atoms with van der Waals surface area (Å²) >= 11 is 0. The van der Waals surface area contributed by atoms with E-state index in [9.17, 15) is 4.79 Å². The molecule has 4 nitrogen and oxygen atoms in total. The molecule has 1 aromatic carbocycles. The number of nitrogens with one attached hydrogen (secondary N) is 1. The lowest BCUT2D eigenvalue weighted by molar-refractivity contribution is -0.142. The van der Waals surface area contributed by atoms with E-state index >= 15 is 0 Å². The van der Waals surface area contributed by atoms with Crippen LogP contribution in [0.2, 0.25) is 0 Å². The van der Waals surface area contributed by atoms with Crippen LogP contribution in [0.5, 0.6) is 0 Å². The number of hydrogen-bond acceptors (Lipinski definition) is 3. The van der Waals surface area contributed by atoms with Gasteiger partial charge in [0, 0.05) is 18.6 Å². The number of benzene rings is 1. The van der Waals surface area contributed by atoms with E-state index in [1.54, 1.807) is 0 Å². The third-order valence-corrected chi connectivity index (χ3v) is 6.06. The Balaban J connectivity index is 1.45. The molecule has 2 saturated carbocycles. The van der Waals surface area contributed by atoms with Crippen molar-refractivity contribution in [3.05, 3.63) is 24.3 Å². The molecule has 2 N–H and O–H groups in total. The van der Waals surface area contributed by atoms with E-state index in [-0.39, 0.29) is 5.92 Å². The summed E-state index contributed by atoms with van der Waals surface area (Å²) in [5, 5.41) is 12.8. The maximum atomic E-state index is 11.1. The zero-order chi connectivity index (χ0) is 15.8. The van der Waals surface area contributed by atoms with Crippen LogP contribution in [-0.2, 0) is 4.79 Å². The van der Waals surface area contributed by atoms with Gasteiger partial charge >= 0.3 is 5.97 Å². The fourth-order valence-corrected chi connectivity index (χ4v) is 4.77. The van der Waals surface area contributed by atoms with E-state index in [1.807, 2.05) is 0 Å². The zero-order valence-electron chi connectivity index (χ0n) is 13.6. The van der Waals surface area contributed by atoms with Crippen LogP contribution < -0.4 is 10.2 Å². The van der Waals surface area contributed by atoms with Gasteiger partial charge in [-0.2, -0.15) is 0 Å². The molecule has 1 saturated heterocycles. The van der Waals surface area contributed by atoms with Crippen LogP contribution in [0.3, 0.4) is 0 Å². The first-order valence-corrected chi connectivity index (χ1v) is 9.05. The lowest BCUT2D eigenvalue weighted by atomic mass is 9.86. The van der Waals surface area contributed by atoms with Gasteiger partial charge in [-0.1, -0.05) is 12.1 Å². The first-order chi connectivity index (χ1) is 11.2. The van der Waals surface area contributed by atoms with Crippen molar-refractivity contribution in [2.24, 2.45) is 11.8 Å². The fraction of sp³-hybridized carbons (Fsp3) is 0.632. The minimum absolute atomic E-state index is 0.141. The third-order valence-electron chi connectivity index (χ3n) is 6.06. The summed E-state index contributed by atoms with van der Waals surface area (Å²) in [6.45, 7) is 1.20. The molecular weight excluding hydrogens is 288 g/mol. The third kappa shape index (κ3) is 2.91. The second-order valence-electron chi connectivity index (χ2n) is 7.53. The molecule has 0 spiro atoms. The smallest absolute Gasteiger partial charge is 0.306 e. The Morgan fingerprint density at radius 2 is 1.87 bits per heavy atom. The van der Waals surface area contributed by atoms with E-state index in [2.05, 4.69) is 34.5 Å². The average Bonchev–Trinajstić information content (AvgIpc) is 3.19. The number of anilines is 2. The highest BCUT2D eigenvalue weighted by molar-refractivity contribution is 5.72. The summed E-state index contributed by atoms with van der Waals surface area (Å²) < 4.78 is 0. The van der Waals surface area contributed by atoms with Crippen molar-refractivity contribution < 1.29 is 9.90 Å². The Hall–Kier alpha value is -1.71. The molecule has 4 heteroatoms. The summed E-state index contributed by atoms with van der Waals surface area (Å²) in [6.07, 6.45) is 7.60. The number of nitrogens with zero attached hydrogens (tertiary/aromatic N) is 1.